The number of nitrogens with zero attached hydrogens (tertiary/aromatic N) is 3. The Balaban J connectivity index is 1.29. The number of hydrogen-bond acceptors (Lipinski definition) is 4. The number of fused-ring (bicyclic) bond motifs is 1. The fraction of sp³-hybridized carbons (Fsp3) is 0.409. The lowest BCUT2D eigenvalue weighted by Gasteiger charge is -2.29. The van der Waals surface area contributed by atoms with Crippen LogP contribution in [0.2, 0.25) is 0 Å². The second-order valence-corrected chi connectivity index (χ2v) is 7.69. The van der Waals surface area contributed by atoms with Gasteiger partial charge in [0.1, 0.15) is 11.3 Å². The van der Waals surface area contributed by atoms with E-state index in [0.717, 1.165) is 48.4 Å². The van der Waals surface area contributed by atoms with Crippen LogP contribution in [0.15, 0.2) is 42.5 Å². The number of carbonyl (C=O) groups is 1. The van der Waals surface area contributed by atoms with Crippen molar-refractivity contribution in [2.45, 2.75) is 32.7 Å². The smallest absolute Gasteiger partial charge is 0.279 e. The zero-order chi connectivity index (χ0) is 20.2. The van der Waals surface area contributed by atoms with Gasteiger partial charge in [0.25, 0.3) is 5.91 Å². The van der Waals surface area contributed by atoms with E-state index < -0.39 is 0 Å². The van der Waals surface area contributed by atoms with Crippen molar-refractivity contribution < 1.29 is 14.4 Å². The molecule has 0 unspecified atom stereocenters. The first kappa shape index (κ1) is 19.4. The van der Waals surface area contributed by atoms with E-state index in [0.29, 0.717) is 19.2 Å². The summed E-state index contributed by atoms with van der Waals surface area (Å²) in [5.41, 5.74) is 4.05. The van der Waals surface area contributed by atoms with E-state index in [1.165, 1.54) is 10.5 Å². The Kier molecular flexibility index (Phi) is 5.76. The summed E-state index contributed by atoms with van der Waals surface area (Å²) in [6.07, 6.45) is 2.00. The molecule has 1 fully saturated rings. The van der Waals surface area contributed by atoms with Crippen molar-refractivity contribution in [3.05, 3.63) is 48.0 Å². The second kappa shape index (κ2) is 8.61. The summed E-state index contributed by atoms with van der Waals surface area (Å²) in [6.45, 7) is 7.04. The topological polar surface area (TPSA) is 73.5 Å². The zero-order valence-corrected chi connectivity index (χ0v) is 17.0. The van der Waals surface area contributed by atoms with Gasteiger partial charge >= 0.3 is 0 Å². The fourth-order valence-corrected chi connectivity index (χ4v) is 3.99. The highest BCUT2D eigenvalue weighted by molar-refractivity contribution is 5.91. The van der Waals surface area contributed by atoms with Crippen LogP contribution >= 0.6 is 0 Å². The maximum Gasteiger partial charge on any atom is 0.279 e. The minimum absolute atomic E-state index is 0.0456. The number of piperidine rings is 1. The molecule has 2 aromatic carbocycles. The molecule has 0 aliphatic carbocycles. The molecule has 1 aromatic heterocycles. The van der Waals surface area contributed by atoms with E-state index in [1.54, 1.807) is 0 Å². The minimum atomic E-state index is 0.0456. The molecule has 0 spiro atoms. The summed E-state index contributed by atoms with van der Waals surface area (Å²) in [4.78, 5) is 13.7. The van der Waals surface area contributed by atoms with Gasteiger partial charge < -0.3 is 15.0 Å². The Morgan fingerprint density at radius 1 is 1.21 bits per heavy atom. The number of quaternary nitrogens is 1. The average molecular weight is 394 g/mol. The second-order valence-electron chi connectivity index (χ2n) is 7.69. The Labute approximate surface area is 170 Å². The van der Waals surface area contributed by atoms with Crippen molar-refractivity contribution in [3.63, 3.8) is 0 Å². The molecule has 1 aliphatic rings. The van der Waals surface area contributed by atoms with Crippen LogP contribution in [0.4, 0.5) is 5.69 Å². The Bertz CT molecular complexity index is 975. The molecule has 7 heteroatoms. The first-order chi connectivity index (χ1) is 14.1. The van der Waals surface area contributed by atoms with Gasteiger partial charge in [0.15, 0.2) is 6.54 Å². The minimum Gasteiger partial charge on any atom is -0.494 e. The molecule has 7 nitrogen and oxygen atoms in total. The number of rotatable bonds is 6. The van der Waals surface area contributed by atoms with E-state index in [9.17, 15) is 4.79 Å². The molecule has 4 rings (SSSR count). The van der Waals surface area contributed by atoms with Gasteiger partial charge in [-0.25, -0.2) is 4.68 Å². The summed E-state index contributed by atoms with van der Waals surface area (Å²) < 4.78 is 7.49. The monoisotopic (exact) mass is 394 g/mol. The molecule has 0 radical (unpaired) electrons. The molecule has 1 aliphatic heterocycles. The summed E-state index contributed by atoms with van der Waals surface area (Å²) in [5.74, 6) is 0.860. The number of hydrogen-bond donors (Lipinski definition) is 2. The average Bonchev–Trinajstić information content (AvgIpc) is 3.13. The molecule has 0 saturated carbocycles. The van der Waals surface area contributed by atoms with Crippen LogP contribution < -0.4 is 15.0 Å². The van der Waals surface area contributed by atoms with Gasteiger partial charge in [-0.05, 0) is 55.8 Å². The van der Waals surface area contributed by atoms with Crippen LogP contribution in [0.25, 0.3) is 11.0 Å². The molecular formula is C22H28N5O2+. The van der Waals surface area contributed by atoms with Crippen LogP contribution in [0.3, 0.4) is 0 Å². The highest BCUT2D eigenvalue weighted by Crippen LogP contribution is 2.22. The van der Waals surface area contributed by atoms with Crippen molar-refractivity contribution in [2.75, 3.05) is 31.6 Å². The summed E-state index contributed by atoms with van der Waals surface area (Å²) >= 11 is 0. The van der Waals surface area contributed by atoms with Gasteiger partial charge in [-0.3, -0.25) is 4.79 Å². The normalized spacial score (nSPS) is 19.2. The number of ether oxygens (including phenoxy) is 1. The highest BCUT2D eigenvalue weighted by atomic mass is 16.5. The number of likely N-dealkylation sites (tertiary alicyclic amines) is 1. The van der Waals surface area contributed by atoms with Gasteiger partial charge in [-0.15, -0.1) is 5.10 Å². The van der Waals surface area contributed by atoms with Crippen molar-refractivity contribution in [2.24, 2.45) is 0 Å². The maximum absolute atomic E-state index is 12.4. The number of anilines is 1. The predicted molar refractivity (Wildman–Crippen MR) is 112 cm³/mol. The molecule has 2 N–H and O–H groups in total. The van der Waals surface area contributed by atoms with E-state index in [4.69, 9.17) is 4.74 Å². The quantitative estimate of drug-likeness (QED) is 0.671. The zero-order valence-electron chi connectivity index (χ0n) is 17.0. The van der Waals surface area contributed by atoms with Crippen molar-refractivity contribution >= 4 is 22.6 Å². The molecule has 0 bridgehead atoms. The molecule has 29 heavy (non-hydrogen) atoms. The van der Waals surface area contributed by atoms with Crippen LogP contribution in [-0.4, -0.2) is 47.1 Å². The lowest BCUT2D eigenvalue weighted by Crippen LogP contribution is -3.14. The van der Waals surface area contributed by atoms with Gasteiger partial charge in [0, 0.05) is 18.5 Å². The van der Waals surface area contributed by atoms with Crippen molar-refractivity contribution in [1.29, 1.82) is 0 Å². The third-order valence-corrected chi connectivity index (χ3v) is 5.49. The van der Waals surface area contributed by atoms with Crippen LogP contribution in [-0.2, 0) is 4.79 Å². The lowest BCUT2D eigenvalue weighted by atomic mass is 10.0. The van der Waals surface area contributed by atoms with E-state index in [-0.39, 0.29) is 5.91 Å². The Morgan fingerprint density at radius 2 is 1.97 bits per heavy atom. The summed E-state index contributed by atoms with van der Waals surface area (Å²) in [6, 6.07) is 14.1. The van der Waals surface area contributed by atoms with Gasteiger partial charge in [0.05, 0.1) is 31.3 Å². The fourth-order valence-electron chi connectivity index (χ4n) is 3.99. The lowest BCUT2D eigenvalue weighted by molar-refractivity contribution is -0.897. The van der Waals surface area contributed by atoms with E-state index in [1.807, 2.05) is 31.2 Å². The number of nitrogens with one attached hydrogen (secondary N) is 2. The van der Waals surface area contributed by atoms with Crippen LogP contribution in [0, 0.1) is 6.92 Å². The number of amides is 1. The third-order valence-electron chi connectivity index (χ3n) is 5.49. The van der Waals surface area contributed by atoms with E-state index >= 15 is 0 Å². The third kappa shape index (κ3) is 4.56. The predicted octanol–water partition coefficient (Wildman–Crippen LogP) is 2.00. The molecule has 3 aromatic rings. The Morgan fingerprint density at radius 3 is 2.69 bits per heavy atom. The molecule has 1 amide bonds. The first-order valence-electron chi connectivity index (χ1n) is 10.3. The number of benzene rings is 2. The Hall–Kier alpha value is -2.93. The van der Waals surface area contributed by atoms with Crippen molar-refractivity contribution in [3.8, 4) is 5.75 Å². The molecule has 2 heterocycles. The standard InChI is InChI=1S/C22H27N5O2/c1-3-29-19-7-5-17(6-8-19)23-22(28)15-26-12-10-18(11-13-26)27-21-9-4-16(2)14-20(21)24-25-27/h4-9,14,18H,3,10-13,15H2,1-2H3,(H,23,28)/p+1. The van der Waals surface area contributed by atoms with Gasteiger partial charge in [0.2, 0.25) is 0 Å². The van der Waals surface area contributed by atoms with Gasteiger partial charge in [-0.1, -0.05) is 11.3 Å². The van der Waals surface area contributed by atoms with E-state index in [2.05, 4.69) is 45.4 Å². The maximum atomic E-state index is 12.4. The molecule has 152 valence electrons. The largest absolute Gasteiger partial charge is 0.494 e. The number of aromatic nitrogens is 3. The highest BCUT2D eigenvalue weighted by Gasteiger charge is 2.26. The summed E-state index contributed by atoms with van der Waals surface area (Å²) in [7, 11) is 0. The first-order valence-corrected chi connectivity index (χ1v) is 10.3. The number of aryl methyl sites for hydroxylation is 1. The SMILES string of the molecule is CCOc1ccc(NC(=O)C[NH+]2CCC(n3nnc4cc(C)ccc43)CC2)cc1. The van der Waals surface area contributed by atoms with Crippen LogP contribution in [0.1, 0.15) is 31.4 Å². The van der Waals surface area contributed by atoms with Crippen LogP contribution in [0.5, 0.6) is 5.75 Å². The molecular weight excluding hydrogens is 366 g/mol. The summed E-state index contributed by atoms with van der Waals surface area (Å²) in [5, 5.41) is 11.7. The molecule has 1 saturated heterocycles. The van der Waals surface area contributed by atoms with Gasteiger partial charge in [-0.2, -0.15) is 0 Å². The molecule has 0 atom stereocenters. The van der Waals surface area contributed by atoms with Crippen molar-refractivity contribution in [1.82, 2.24) is 15.0 Å². The number of carbonyl (C=O) groups excluding carboxylic acids is 1.